The van der Waals surface area contributed by atoms with Crippen molar-refractivity contribution in [1.82, 2.24) is 4.90 Å². The van der Waals surface area contributed by atoms with E-state index in [9.17, 15) is 27.2 Å². The first-order valence-electron chi connectivity index (χ1n) is 7.32. The molecule has 3 rings (SSSR count). The summed E-state index contributed by atoms with van der Waals surface area (Å²) in [6, 6.07) is 5.69. The molecule has 2 aliphatic rings. The van der Waals surface area contributed by atoms with Crippen LogP contribution in [0.25, 0.3) is 0 Å². The van der Waals surface area contributed by atoms with E-state index in [2.05, 4.69) is 11.9 Å². The van der Waals surface area contributed by atoms with E-state index in [1.54, 1.807) is 0 Å². The van der Waals surface area contributed by atoms with Gasteiger partial charge in [-0.1, -0.05) is 12.6 Å². The van der Waals surface area contributed by atoms with E-state index in [-0.39, 0.29) is 11.3 Å². The third kappa shape index (κ3) is 2.34. The molecule has 2 unspecified atom stereocenters. The molecule has 0 spiro atoms. The highest BCUT2D eigenvalue weighted by atomic mass is 35.5. The highest BCUT2D eigenvalue weighted by molar-refractivity contribution is 6.26. The Labute approximate surface area is 145 Å². The lowest BCUT2D eigenvalue weighted by Gasteiger charge is -2.52. The van der Waals surface area contributed by atoms with Gasteiger partial charge in [-0.25, -0.2) is 0 Å². The SMILES string of the molecule is C=CC(=O)Nc1cccc(C(=O)N2CC3C(F)(F)C(F)(F)C3(Cl)C2)c1. The summed E-state index contributed by atoms with van der Waals surface area (Å²) in [7, 11) is 0. The van der Waals surface area contributed by atoms with Crippen molar-refractivity contribution in [2.75, 3.05) is 18.4 Å². The number of nitrogens with one attached hydrogen (secondary N) is 1. The number of alkyl halides is 5. The Bertz CT molecular complexity index is 770. The molecule has 1 aromatic carbocycles. The van der Waals surface area contributed by atoms with Crippen molar-refractivity contribution in [2.45, 2.75) is 16.7 Å². The Hall–Kier alpha value is -2.09. The van der Waals surface area contributed by atoms with Crippen LogP contribution in [0.5, 0.6) is 0 Å². The maximum absolute atomic E-state index is 13.7. The molecular weight excluding hydrogens is 364 g/mol. The minimum Gasteiger partial charge on any atom is -0.336 e. The quantitative estimate of drug-likeness (QED) is 0.500. The second-order valence-corrected chi connectivity index (χ2v) is 6.75. The fraction of sp³-hybridized carbons (Fsp3) is 0.375. The lowest BCUT2D eigenvalue weighted by Crippen LogP contribution is -2.75. The van der Waals surface area contributed by atoms with Gasteiger partial charge in [0.1, 0.15) is 4.87 Å². The van der Waals surface area contributed by atoms with Gasteiger partial charge in [-0.15, -0.1) is 11.6 Å². The molecule has 1 saturated heterocycles. The molecule has 0 radical (unpaired) electrons. The van der Waals surface area contributed by atoms with Gasteiger partial charge < -0.3 is 10.2 Å². The lowest BCUT2D eigenvalue weighted by molar-refractivity contribution is -0.326. The van der Waals surface area contributed by atoms with Gasteiger partial charge >= 0.3 is 11.8 Å². The molecule has 0 bridgehead atoms. The van der Waals surface area contributed by atoms with Crippen LogP contribution in [0.2, 0.25) is 0 Å². The molecule has 1 heterocycles. The van der Waals surface area contributed by atoms with Crippen molar-refractivity contribution in [3.63, 3.8) is 0 Å². The zero-order valence-electron chi connectivity index (χ0n) is 12.7. The number of rotatable bonds is 3. The van der Waals surface area contributed by atoms with Crippen LogP contribution in [0.3, 0.4) is 0 Å². The summed E-state index contributed by atoms with van der Waals surface area (Å²) in [5, 5.41) is 2.45. The smallest absolute Gasteiger partial charge is 0.331 e. The molecule has 1 N–H and O–H groups in total. The summed E-state index contributed by atoms with van der Waals surface area (Å²) in [4.78, 5) is 22.2. The molecule has 2 amide bonds. The lowest BCUT2D eigenvalue weighted by atomic mass is 9.67. The summed E-state index contributed by atoms with van der Waals surface area (Å²) in [5.74, 6) is -11.6. The molecule has 2 fully saturated rings. The maximum Gasteiger partial charge on any atom is 0.331 e. The van der Waals surface area contributed by atoms with Gasteiger partial charge in [-0.3, -0.25) is 9.59 Å². The molecule has 2 atom stereocenters. The molecule has 1 aliphatic carbocycles. The van der Waals surface area contributed by atoms with E-state index in [1.165, 1.54) is 24.3 Å². The van der Waals surface area contributed by atoms with Crippen LogP contribution in [0.1, 0.15) is 10.4 Å². The Balaban J connectivity index is 1.81. The van der Waals surface area contributed by atoms with E-state index in [1.807, 2.05) is 0 Å². The molecule has 1 aromatic rings. The van der Waals surface area contributed by atoms with Gasteiger partial charge in [0.15, 0.2) is 0 Å². The molecule has 0 aromatic heterocycles. The highest BCUT2D eigenvalue weighted by Crippen LogP contribution is 2.67. The van der Waals surface area contributed by atoms with Crippen LogP contribution in [0.15, 0.2) is 36.9 Å². The van der Waals surface area contributed by atoms with Gasteiger partial charge in [0.25, 0.3) is 5.91 Å². The van der Waals surface area contributed by atoms with Gasteiger partial charge in [0.2, 0.25) is 5.91 Å². The van der Waals surface area contributed by atoms with Crippen LogP contribution >= 0.6 is 11.6 Å². The van der Waals surface area contributed by atoms with Crippen LogP contribution in [0, 0.1) is 5.92 Å². The number of fused-ring (bicyclic) bond motifs is 1. The zero-order valence-corrected chi connectivity index (χ0v) is 13.5. The number of hydrogen-bond acceptors (Lipinski definition) is 2. The predicted octanol–water partition coefficient (Wildman–Crippen LogP) is 3.14. The number of likely N-dealkylation sites (tertiary alicyclic amines) is 1. The number of carbonyl (C=O) groups excluding carboxylic acids is 2. The van der Waals surface area contributed by atoms with Crippen LogP contribution in [-0.4, -0.2) is 46.5 Å². The van der Waals surface area contributed by atoms with Gasteiger partial charge in [-0.05, 0) is 24.3 Å². The number of anilines is 1. The topological polar surface area (TPSA) is 49.4 Å². The first-order chi connectivity index (χ1) is 11.5. The molecule has 134 valence electrons. The maximum atomic E-state index is 13.7. The van der Waals surface area contributed by atoms with Gasteiger partial charge in [-0.2, -0.15) is 17.6 Å². The number of benzene rings is 1. The molecule has 4 nitrogen and oxygen atoms in total. The largest absolute Gasteiger partial charge is 0.336 e. The number of halogens is 5. The normalized spacial score (nSPS) is 28.7. The summed E-state index contributed by atoms with van der Waals surface area (Å²) in [6.07, 6.45) is 1.04. The second kappa shape index (κ2) is 5.45. The molecule has 1 aliphatic heterocycles. The minimum absolute atomic E-state index is 0.0649. The van der Waals surface area contributed by atoms with Crippen molar-refractivity contribution in [3.8, 4) is 0 Å². The average molecular weight is 377 g/mol. The fourth-order valence-electron chi connectivity index (χ4n) is 3.22. The first kappa shape index (κ1) is 17.7. The Morgan fingerprint density at radius 1 is 1.32 bits per heavy atom. The predicted molar refractivity (Wildman–Crippen MR) is 83.1 cm³/mol. The van der Waals surface area contributed by atoms with Crippen molar-refractivity contribution in [3.05, 3.63) is 42.5 Å². The average Bonchev–Trinajstić information content (AvgIpc) is 2.92. The van der Waals surface area contributed by atoms with Crippen LogP contribution in [-0.2, 0) is 4.79 Å². The third-order valence-corrected chi connectivity index (χ3v) is 5.22. The molecule has 1 saturated carbocycles. The minimum atomic E-state index is -4.37. The second-order valence-electron chi connectivity index (χ2n) is 6.07. The summed E-state index contributed by atoms with van der Waals surface area (Å²) in [5.41, 5.74) is 0.351. The van der Waals surface area contributed by atoms with Crippen molar-refractivity contribution in [2.24, 2.45) is 5.92 Å². The molecular formula is C16H13ClF4N2O2. The third-order valence-electron chi connectivity index (χ3n) is 4.60. The summed E-state index contributed by atoms with van der Waals surface area (Å²) < 4.78 is 54.5. The Morgan fingerprint density at radius 3 is 2.60 bits per heavy atom. The summed E-state index contributed by atoms with van der Waals surface area (Å²) >= 11 is 5.73. The van der Waals surface area contributed by atoms with E-state index >= 15 is 0 Å². The fourth-order valence-corrected chi connectivity index (χ4v) is 3.69. The van der Waals surface area contributed by atoms with Crippen molar-refractivity contribution in [1.29, 1.82) is 0 Å². The number of nitrogens with zero attached hydrogens (tertiary/aromatic N) is 1. The zero-order chi connectivity index (χ0) is 18.6. The van der Waals surface area contributed by atoms with E-state index in [0.717, 1.165) is 11.0 Å². The monoisotopic (exact) mass is 376 g/mol. The number of hydrogen-bond donors (Lipinski definition) is 1. The van der Waals surface area contributed by atoms with Crippen molar-refractivity contribution >= 4 is 29.1 Å². The standard InChI is InChI=1S/C16H13ClF4N2O2/c1-2-12(24)22-10-5-3-4-9(6-10)13(25)23-7-11-14(17,8-23)16(20,21)15(11,18)19/h2-6,11H,1,7-8H2,(H,22,24). The number of amides is 2. The molecule has 25 heavy (non-hydrogen) atoms. The Kier molecular flexibility index (Phi) is 3.87. The van der Waals surface area contributed by atoms with E-state index in [0.29, 0.717) is 0 Å². The van der Waals surface area contributed by atoms with E-state index < -0.39 is 47.5 Å². The number of carbonyl (C=O) groups is 2. The van der Waals surface area contributed by atoms with Crippen LogP contribution < -0.4 is 5.32 Å². The highest BCUT2D eigenvalue weighted by Gasteiger charge is 2.88. The van der Waals surface area contributed by atoms with Crippen LogP contribution in [0.4, 0.5) is 23.2 Å². The summed E-state index contributed by atoms with van der Waals surface area (Å²) in [6.45, 7) is 2.05. The van der Waals surface area contributed by atoms with Gasteiger partial charge in [0.05, 0.1) is 5.92 Å². The molecule has 9 heteroatoms. The van der Waals surface area contributed by atoms with Gasteiger partial charge in [0, 0.05) is 24.3 Å². The van der Waals surface area contributed by atoms with Crippen molar-refractivity contribution < 1.29 is 27.2 Å². The van der Waals surface area contributed by atoms with E-state index in [4.69, 9.17) is 11.6 Å². The Morgan fingerprint density at radius 2 is 2.00 bits per heavy atom. The first-order valence-corrected chi connectivity index (χ1v) is 7.69.